The average molecular weight is 815 g/mol. The van der Waals surface area contributed by atoms with Crippen molar-refractivity contribution in [3.05, 3.63) is 242 Å². The number of hydrogen-bond acceptors (Lipinski definition) is 1. The molecule has 12 aromatic rings. The van der Waals surface area contributed by atoms with Crippen LogP contribution in [0.3, 0.4) is 0 Å². The maximum atomic E-state index is 8.82. The standard InChI is InChI=1S/C60H38N4/c1-61-52-38-43(63-53-30-14-12-26-50(53)59-48(28-16-32-55(59)63)46-24-10-8-22-44(46)40-18-4-2-5-19-40)39-57(58(52)42-34-36-62-37-35-42)64-54-31-15-13-27-51(54)60-49(29-17-33-56(60)64)47-25-11-9-23-45(47)41-20-6-3-7-21-41/h2-39H. The third kappa shape index (κ3) is 5.87. The monoisotopic (exact) mass is 814 g/mol. The Bertz CT molecular complexity index is 3780. The van der Waals surface area contributed by atoms with Crippen molar-refractivity contribution in [3.63, 3.8) is 0 Å². The fraction of sp³-hybridized carbons (Fsp3) is 0. The van der Waals surface area contributed by atoms with Gasteiger partial charge in [-0.15, -0.1) is 0 Å². The van der Waals surface area contributed by atoms with E-state index in [1.165, 1.54) is 38.8 Å². The highest BCUT2D eigenvalue weighted by Gasteiger charge is 2.24. The molecule has 0 aliphatic carbocycles. The Morgan fingerprint density at radius 1 is 0.359 bits per heavy atom. The SMILES string of the molecule is [C-]#[N+]c1cc(-n2c3ccccc3c3c(-c4ccccc4-c4ccccc4)cccc32)cc(-n2c3ccccc3c3c(-c4ccccc4-c4ccccc4)cccc32)c1-c1ccncc1. The van der Waals surface area contributed by atoms with Crippen molar-refractivity contribution in [1.82, 2.24) is 14.1 Å². The van der Waals surface area contributed by atoms with Crippen LogP contribution < -0.4 is 0 Å². The topological polar surface area (TPSA) is 27.1 Å². The van der Waals surface area contributed by atoms with E-state index in [4.69, 9.17) is 6.57 Å². The minimum absolute atomic E-state index is 0.562. The molecule has 0 fully saturated rings. The van der Waals surface area contributed by atoms with Crippen LogP contribution in [0.4, 0.5) is 5.69 Å². The lowest BCUT2D eigenvalue weighted by molar-refractivity contribution is 1.14. The smallest absolute Gasteiger partial charge is 0.199 e. The number of benzene rings is 9. The van der Waals surface area contributed by atoms with Gasteiger partial charge in [-0.2, -0.15) is 0 Å². The van der Waals surface area contributed by atoms with E-state index < -0.39 is 0 Å². The second kappa shape index (κ2) is 15.3. The molecule has 0 spiro atoms. The normalized spacial score (nSPS) is 11.4. The molecule has 3 heterocycles. The Labute approximate surface area is 371 Å². The Kier molecular flexibility index (Phi) is 8.84. The minimum Gasteiger partial charge on any atom is -0.310 e. The number of rotatable bonds is 7. The van der Waals surface area contributed by atoms with Crippen molar-refractivity contribution < 1.29 is 0 Å². The fourth-order valence-corrected chi connectivity index (χ4v) is 10.0. The van der Waals surface area contributed by atoms with Gasteiger partial charge in [0, 0.05) is 50.9 Å². The first-order valence-corrected chi connectivity index (χ1v) is 21.6. The molecule has 298 valence electrons. The highest BCUT2D eigenvalue weighted by atomic mass is 15.0. The van der Waals surface area contributed by atoms with E-state index in [1.807, 2.05) is 24.5 Å². The van der Waals surface area contributed by atoms with E-state index in [0.29, 0.717) is 5.69 Å². The van der Waals surface area contributed by atoms with Crippen LogP contribution in [0.5, 0.6) is 0 Å². The summed E-state index contributed by atoms with van der Waals surface area (Å²) in [6.45, 7) is 8.82. The highest BCUT2D eigenvalue weighted by molar-refractivity contribution is 6.19. The van der Waals surface area contributed by atoms with Gasteiger partial charge in [0.25, 0.3) is 0 Å². The molecule has 12 rings (SSSR count). The molecule has 64 heavy (non-hydrogen) atoms. The molecule has 0 amide bonds. The van der Waals surface area contributed by atoms with Crippen LogP contribution in [-0.4, -0.2) is 14.1 Å². The minimum atomic E-state index is 0.562. The summed E-state index contributed by atoms with van der Waals surface area (Å²) in [6.07, 6.45) is 3.63. The van der Waals surface area contributed by atoms with Crippen LogP contribution in [0.1, 0.15) is 0 Å². The van der Waals surface area contributed by atoms with E-state index >= 15 is 0 Å². The zero-order valence-corrected chi connectivity index (χ0v) is 34.7. The van der Waals surface area contributed by atoms with Gasteiger partial charge in [-0.25, -0.2) is 4.85 Å². The number of aromatic nitrogens is 3. The van der Waals surface area contributed by atoms with Crippen LogP contribution in [0, 0.1) is 6.57 Å². The first-order chi connectivity index (χ1) is 31.8. The van der Waals surface area contributed by atoms with Crippen LogP contribution in [0.25, 0.3) is 115 Å². The van der Waals surface area contributed by atoms with Gasteiger partial charge in [-0.1, -0.05) is 170 Å². The molecular formula is C60H38N4. The zero-order valence-electron chi connectivity index (χ0n) is 34.7. The summed E-state index contributed by atoms with van der Waals surface area (Å²) >= 11 is 0. The Morgan fingerprint density at radius 3 is 1.34 bits per heavy atom. The summed E-state index contributed by atoms with van der Waals surface area (Å²) in [5, 5.41) is 4.63. The number of pyridine rings is 1. The van der Waals surface area contributed by atoms with Crippen molar-refractivity contribution in [1.29, 1.82) is 0 Å². The first-order valence-electron chi connectivity index (χ1n) is 21.6. The molecule has 0 radical (unpaired) electrons. The maximum Gasteiger partial charge on any atom is 0.199 e. The number of nitrogens with zero attached hydrogens (tertiary/aromatic N) is 4. The van der Waals surface area contributed by atoms with Gasteiger partial charge in [0.15, 0.2) is 5.69 Å². The van der Waals surface area contributed by atoms with E-state index in [-0.39, 0.29) is 0 Å². The first kappa shape index (κ1) is 37.0. The third-order valence-corrected chi connectivity index (χ3v) is 12.7. The molecular weight excluding hydrogens is 777 g/mol. The van der Waals surface area contributed by atoms with E-state index in [9.17, 15) is 0 Å². The number of para-hydroxylation sites is 2. The molecule has 0 saturated heterocycles. The largest absolute Gasteiger partial charge is 0.310 e. The molecule has 3 aromatic heterocycles. The second-order valence-corrected chi connectivity index (χ2v) is 16.1. The molecule has 0 saturated carbocycles. The predicted molar refractivity (Wildman–Crippen MR) is 266 cm³/mol. The van der Waals surface area contributed by atoms with Gasteiger partial charge < -0.3 is 9.13 Å². The van der Waals surface area contributed by atoms with Gasteiger partial charge >= 0.3 is 0 Å². The summed E-state index contributed by atoms with van der Waals surface area (Å²) in [4.78, 5) is 8.73. The summed E-state index contributed by atoms with van der Waals surface area (Å²) < 4.78 is 4.73. The van der Waals surface area contributed by atoms with Crippen molar-refractivity contribution in [2.75, 3.05) is 0 Å². The Balaban J connectivity index is 1.17. The lowest BCUT2D eigenvalue weighted by Crippen LogP contribution is -2.02. The maximum absolute atomic E-state index is 8.82. The van der Waals surface area contributed by atoms with Crippen LogP contribution in [-0.2, 0) is 0 Å². The second-order valence-electron chi connectivity index (χ2n) is 16.1. The Hall–Kier alpha value is -8.78. The summed E-state index contributed by atoms with van der Waals surface area (Å²) in [7, 11) is 0. The van der Waals surface area contributed by atoms with Crippen molar-refractivity contribution in [2.24, 2.45) is 0 Å². The molecule has 0 bridgehead atoms. The number of hydrogen-bond donors (Lipinski definition) is 0. The van der Waals surface area contributed by atoms with E-state index in [1.54, 1.807) is 0 Å². The van der Waals surface area contributed by atoms with Gasteiger partial charge in [0.05, 0.1) is 28.6 Å². The zero-order chi connectivity index (χ0) is 42.6. The van der Waals surface area contributed by atoms with E-state index in [0.717, 1.165) is 71.9 Å². The van der Waals surface area contributed by atoms with E-state index in [2.05, 4.69) is 225 Å². The predicted octanol–water partition coefficient (Wildman–Crippen LogP) is 16.2. The molecule has 0 N–H and O–H groups in total. The van der Waals surface area contributed by atoms with Crippen LogP contribution in [0.15, 0.2) is 231 Å². The summed E-state index contributed by atoms with van der Waals surface area (Å²) in [6, 6.07) is 77.6. The molecule has 4 heteroatoms. The molecule has 0 aliphatic rings. The van der Waals surface area contributed by atoms with Crippen LogP contribution >= 0.6 is 0 Å². The van der Waals surface area contributed by atoms with Gasteiger partial charge in [0.2, 0.25) is 0 Å². The summed E-state index contributed by atoms with van der Waals surface area (Å²) in [5.41, 5.74) is 17.8. The van der Waals surface area contributed by atoms with Crippen LogP contribution in [0.2, 0.25) is 0 Å². The van der Waals surface area contributed by atoms with Crippen molar-refractivity contribution >= 4 is 49.3 Å². The molecule has 4 nitrogen and oxygen atoms in total. The molecule has 0 unspecified atom stereocenters. The summed E-state index contributed by atoms with van der Waals surface area (Å²) in [5.74, 6) is 0. The number of fused-ring (bicyclic) bond motifs is 6. The lowest BCUT2D eigenvalue weighted by atomic mass is 9.92. The average Bonchev–Trinajstić information content (AvgIpc) is 3.90. The fourth-order valence-electron chi connectivity index (χ4n) is 10.0. The Morgan fingerprint density at radius 2 is 0.797 bits per heavy atom. The molecule has 9 aromatic carbocycles. The molecule has 0 aliphatic heterocycles. The van der Waals surface area contributed by atoms with Gasteiger partial charge in [0.1, 0.15) is 0 Å². The van der Waals surface area contributed by atoms with Gasteiger partial charge in [-0.3, -0.25) is 4.98 Å². The van der Waals surface area contributed by atoms with Gasteiger partial charge in [-0.05, 0) is 98.6 Å². The highest BCUT2D eigenvalue weighted by Crippen LogP contribution is 2.47. The van der Waals surface area contributed by atoms with Crippen molar-refractivity contribution in [3.8, 4) is 67.0 Å². The lowest BCUT2D eigenvalue weighted by Gasteiger charge is -2.19. The van der Waals surface area contributed by atoms with Crippen molar-refractivity contribution in [2.45, 2.75) is 0 Å². The molecule has 0 atom stereocenters. The quantitative estimate of drug-likeness (QED) is 0.147. The third-order valence-electron chi connectivity index (χ3n) is 12.7.